The third-order valence-corrected chi connectivity index (χ3v) is 5.49. The number of aromatic nitrogens is 1. The van der Waals surface area contributed by atoms with E-state index in [0.29, 0.717) is 17.1 Å². The topological polar surface area (TPSA) is 42.0 Å². The molecule has 3 aromatic rings. The second kappa shape index (κ2) is 7.25. The Morgan fingerprint density at radius 1 is 1.22 bits per heavy atom. The van der Waals surface area contributed by atoms with Crippen LogP contribution in [-0.4, -0.2) is 17.4 Å². The molecule has 23 heavy (non-hydrogen) atoms. The van der Waals surface area contributed by atoms with Crippen LogP contribution in [0.25, 0.3) is 10.6 Å². The van der Waals surface area contributed by atoms with E-state index in [-0.39, 0.29) is 5.91 Å². The average molecular weight is 363 g/mol. The van der Waals surface area contributed by atoms with E-state index in [1.807, 2.05) is 6.92 Å². The van der Waals surface area contributed by atoms with Crippen molar-refractivity contribution in [1.82, 2.24) is 10.3 Å². The van der Waals surface area contributed by atoms with Crippen LogP contribution in [0.3, 0.4) is 0 Å². The minimum Gasteiger partial charge on any atom is -0.352 e. The van der Waals surface area contributed by atoms with Crippen molar-refractivity contribution in [1.29, 1.82) is 0 Å². The van der Waals surface area contributed by atoms with Gasteiger partial charge in [-0.25, -0.2) is 4.98 Å². The van der Waals surface area contributed by atoms with Crippen molar-refractivity contribution in [2.75, 3.05) is 6.54 Å². The molecule has 2 heterocycles. The van der Waals surface area contributed by atoms with Crippen molar-refractivity contribution in [3.8, 4) is 10.6 Å². The number of thiophene rings is 1. The fourth-order valence-corrected chi connectivity index (χ4v) is 3.91. The molecule has 0 aliphatic rings. The number of nitrogens with one attached hydrogen (secondary N) is 1. The van der Waals surface area contributed by atoms with Crippen LogP contribution in [0.4, 0.5) is 0 Å². The third kappa shape index (κ3) is 4.19. The van der Waals surface area contributed by atoms with Gasteiger partial charge in [0.1, 0.15) is 0 Å². The Bertz CT molecular complexity index is 808. The van der Waals surface area contributed by atoms with Gasteiger partial charge in [-0.3, -0.25) is 4.79 Å². The van der Waals surface area contributed by atoms with Crippen molar-refractivity contribution in [3.63, 3.8) is 0 Å². The summed E-state index contributed by atoms with van der Waals surface area (Å²) in [6, 6.07) is 11.1. The Labute approximate surface area is 148 Å². The summed E-state index contributed by atoms with van der Waals surface area (Å²) in [6.07, 6.45) is 0.813. The lowest BCUT2D eigenvalue weighted by molar-refractivity contribution is 0.0954. The van der Waals surface area contributed by atoms with Gasteiger partial charge in [0.25, 0.3) is 5.91 Å². The molecule has 0 fully saturated rings. The molecule has 0 atom stereocenters. The molecule has 0 bridgehead atoms. The number of rotatable bonds is 5. The number of nitrogens with zero attached hydrogens (tertiary/aromatic N) is 1. The molecule has 0 saturated heterocycles. The molecule has 0 spiro atoms. The van der Waals surface area contributed by atoms with Crippen molar-refractivity contribution in [2.45, 2.75) is 13.3 Å². The number of hydrogen-bond donors (Lipinski definition) is 1. The number of aryl methyl sites for hydroxylation is 1. The lowest BCUT2D eigenvalue weighted by atomic mass is 10.2. The van der Waals surface area contributed by atoms with E-state index in [9.17, 15) is 4.79 Å². The standard InChI is InChI=1S/C17H15ClN2OS2/c1-11-20-15(10-22-11)16-7-6-14(23-16)8-9-19-17(21)12-2-4-13(18)5-3-12/h2-7,10H,8-9H2,1H3,(H,19,21). The first-order chi connectivity index (χ1) is 11.1. The summed E-state index contributed by atoms with van der Waals surface area (Å²) in [5, 5.41) is 6.71. The van der Waals surface area contributed by atoms with Gasteiger partial charge in [0.15, 0.2) is 0 Å². The lowest BCUT2D eigenvalue weighted by Crippen LogP contribution is -2.25. The van der Waals surface area contributed by atoms with E-state index in [1.54, 1.807) is 46.9 Å². The summed E-state index contributed by atoms with van der Waals surface area (Å²) in [7, 11) is 0. The molecule has 0 aliphatic heterocycles. The van der Waals surface area contributed by atoms with Crippen LogP contribution in [0.1, 0.15) is 20.2 Å². The van der Waals surface area contributed by atoms with Crippen molar-refractivity contribution in [3.05, 3.63) is 62.2 Å². The first kappa shape index (κ1) is 16.2. The highest BCUT2D eigenvalue weighted by molar-refractivity contribution is 7.16. The summed E-state index contributed by atoms with van der Waals surface area (Å²) in [5.41, 5.74) is 1.66. The highest BCUT2D eigenvalue weighted by atomic mass is 35.5. The third-order valence-electron chi connectivity index (χ3n) is 3.30. The zero-order valence-corrected chi connectivity index (χ0v) is 14.9. The number of amides is 1. The molecule has 1 N–H and O–H groups in total. The van der Waals surface area contributed by atoms with Gasteiger partial charge in [-0.15, -0.1) is 22.7 Å². The molecule has 0 saturated carbocycles. The normalized spacial score (nSPS) is 10.7. The zero-order valence-electron chi connectivity index (χ0n) is 12.5. The van der Waals surface area contributed by atoms with Crippen LogP contribution in [0.5, 0.6) is 0 Å². The number of carbonyl (C=O) groups excluding carboxylic acids is 1. The van der Waals surface area contributed by atoms with Crippen molar-refractivity contribution in [2.24, 2.45) is 0 Å². The number of hydrogen-bond acceptors (Lipinski definition) is 4. The molecule has 0 radical (unpaired) electrons. The fraction of sp³-hybridized carbons (Fsp3) is 0.176. The molecule has 1 amide bonds. The lowest BCUT2D eigenvalue weighted by Gasteiger charge is -2.04. The van der Waals surface area contributed by atoms with Crippen molar-refractivity contribution < 1.29 is 4.79 Å². The Morgan fingerprint density at radius 2 is 2.00 bits per heavy atom. The Morgan fingerprint density at radius 3 is 2.70 bits per heavy atom. The largest absolute Gasteiger partial charge is 0.352 e. The summed E-state index contributed by atoms with van der Waals surface area (Å²) in [5.74, 6) is -0.0754. The average Bonchev–Trinajstić information content (AvgIpc) is 3.17. The molecule has 2 aromatic heterocycles. The van der Waals surface area contributed by atoms with Gasteiger partial charge in [-0.2, -0.15) is 0 Å². The van der Waals surface area contributed by atoms with Crippen LogP contribution >= 0.6 is 34.3 Å². The molecular weight excluding hydrogens is 348 g/mol. The maximum absolute atomic E-state index is 12.0. The highest BCUT2D eigenvalue weighted by Gasteiger charge is 2.08. The van der Waals surface area contributed by atoms with E-state index in [4.69, 9.17) is 11.6 Å². The minimum atomic E-state index is -0.0754. The molecule has 1 aromatic carbocycles. The van der Waals surface area contributed by atoms with Gasteiger partial charge < -0.3 is 5.32 Å². The molecule has 6 heteroatoms. The van der Waals surface area contributed by atoms with E-state index < -0.39 is 0 Å². The van der Waals surface area contributed by atoms with E-state index in [2.05, 4.69) is 27.8 Å². The van der Waals surface area contributed by atoms with Crippen LogP contribution in [0.15, 0.2) is 41.8 Å². The molecule has 3 nitrogen and oxygen atoms in total. The fourth-order valence-electron chi connectivity index (χ4n) is 2.13. The first-order valence-corrected chi connectivity index (χ1v) is 9.24. The van der Waals surface area contributed by atoms with E-state index in [0.717, 1.165) is 17.1 Å². The zero-order chi connectivity index (χ0) is 16.2. The Hall–Kier alpha value is -1.69. The van der Waals surface area contributed by atoms with Crippen LogP contribution in [-0.2, 0) is 6.42 Å². The number of thiazole rings is 1. The number of carbonyl (C=O) groups is 1. The SMILES string of the molecule is Cc1nc(-c2ccc(CCNC(=O)c3ccc(Cl)cc3)s2)cs1. The Kier molecular flexibility index (Phi) is 5.10. The predicted octanol–water partition coefficient (Wildman–Crippen LogP) is 4.81. The molecule has 3 rings (SSSR count). The minimum absolute atomic E-state index is 0.0754. The molecule has 0 aliphatic carbocycles. The van der Waals surface area contributed by atoms with Gasteiger partial charge in [-0.05, 0) is 49.7 Å². The van der Waals surface area contributed by atoms with Crippen LogP contribution < -0.4 is 5.32 Å². The van der Waals surface area contributed by atoms with Gasteiger partial charge >= 0.3 is 0 Å². The highest BCUT2D eigenvalue weighted by Crippen LogP contribution is 2.29. The van der Waals surface area contributed by atoms with E-state index in [1.165, 1.54) is 9.75 Å². The summed E-state index contributed by atoms with van der Waals surface area (Å²) >= 11 is 9.20. The van der Waals surface area contributed by atoms with Crippen LogP contribution in [0, 0.1) is 6.92 Å². The maximum Gasteiger partial charge on any atom is 0.251 e. The smallest absolute Gasteiger partial charge is 0.251 e. The second-order valence-electron chi connectivity index (χ2n) is 5.03. The van der Waals surface area contributed by atoms with Gasteiger partial charge in [0.05, 0.1) is 15.6 Å². The molecule has 118 valence electrons. The molecular formula is C17H15ClN2OS2. The number of benzene rings is 1. The molecule has 0 unspecified atom stereocenters. The number of halogens is 1. The predicted molar refractivity (Wildman–Crippen MR) is 97.7 cm³/mol. The van der Waals surface area contributed by atoms with Crippen LogP contribution in [0.2, 0.25) is 5.02 Å². The monoisotopic (exact) mass is 362 g/mol. The van der Waals surface area contributed by atoms with Gasteiger partial charge in [0.2, 0.25) is 0 Å². The quantitative estimate of drug-likeness (QED) is 0.707. The maximum atomic E-state index is 12.0. The van der Waals surface area contributed by atoms with E-state index >= 15 is 0 Å². The van der Waals surface area contributed by atoms with Gasteiger partial charge in [0, 0.05) is 27.4 Å². The summed E-state index contributed by atoms with van der Waals surface area (Å²) < 4.78 is 0. The summed E-state index contributed by atoms with van der Waals surface area (Å²) in [6.45, 7) is 2.62. The second-order valence-corrected chi connectivity index (χ2v) is 7.70. The first-order valence-electron chi connectivity index (χ1n) is 7.17. The summed E-state index contributed by atoms with van der Waals surface area (Å²) in [4.78, 5) is 18.9. The Balaban J connectivity index is 1.54. The van der Waals surface area contributed by atoms with Gasteiger partial charge in [-0.1, -0.05) is 11.6 Å². The van der Waals surface area contributed by atoms with Crippen molar-refractivity contribution >= 4 is 40.2 Å².